The van der Waals surface area contributed by atoms with Crippen LogP contribution in [0.2, 0.25) is 0 Å². The minimum atomic E-state index is 0.279. The quantitative estimate of drug-likeness (QED) is 0.558. The highest BCUT2D eigenvalue weighted by molar-refractivity contribution is 5.73. The summed E-state index contributed by atoms with van der Waals surface area (Å²) in [5.41, 5.74) is 4.41. The molecule has 2 unspecified atom stereocenters. The first kappa shape index (κ1) is 19.4. The lowest BCUT2D eigenvalue weighted by Crippen LogP contribution is -2.09. The largest absolute Gasteiger partial charge is 0.505 e. The van der Waals surface area contributed by atoms with Gasteiger partial charge in [-0.2, -0.15) is 0 Å². The lowest BCUT2D eigenvalue weighted by atomic mass is 9.83. The molecule has 0 amide bonds. The van der Waals surface area contributed by atoms with Crippen LogP contribution in [0.15, 0.2) is 36.4 Å². The van der Waals surface area contributed by atoms with Gasteiger partial charge in [0.25, 0.3) is 0 Å². The van der Waals surface area contributed by atoms with Crippen molar-refractivity contribution in [2.24, 2.45) is 11.8 Å². The molecule has 0 fully saturated rings. The maximum Gasteiger partial charge on any atom is 0.146 e. The van der Waals surface area contributed by atoms with Crippen LogP contribution in [0.3, 0.4) is 0 Å². The van der Waals surface area contributed by atoms with Gasteiger partial charge in [-0.05, 0) is 54.0 Å². The number of hydrogen-bond acceptors (Lipinski definition) is 3. The van der Waals surface area contributed by atoms with E-state index in [-0.39, 0.29) is 5.92 Å². The molecule has 2 atom stereocenters. The molecular formula is C23H31N3O. The molecule has 0 aliphatic heterocycles. The molecule has 1 heterocycles. The van der Waals surface area contributed by atoms with E-state index in [1.54, 1.807) is 4.80 Å². The van der Waals surface area contributed by atoms with E-state index in [1.807, 2.05) is 30.3 Å². The highest BCUT2D eigenvalue weighted by Gasteiger charge is 2.21. The first-order chi connectivity index (χ1) is 12.9. The zero-order chi connectivity index (χ0) is 19.6. The third kappa shape index (κ3) is 4.32. The van der Waals surface area contributed by atoms with E-state index in [9.17, 15) is 5.11 Å². The molecule has 0 saturated heterocycles. The summed E-state index contributed by atoms with van der Waals surface area (Å²) in [6.45, 7) is 11.1. The summed E-state index contributed by atoms with van der Waals surface area (Å²) in [6, 6.07) is 11.8. The van der Waals surface area contributed by atoms with E-state index in [4.69, 9.17) is 0 Å². The Morgan fingerprint density at radius 2 is 1.59 bits per heavy atom. The van der Waals surface area contributed by atoms with Crippen LogP contribution < -0.4 is 0 Å². The second-order valence-electron chi connectivity index (χ2n) is 8.29. The number of aryl methyl sites for hydroxylation is 1. The molecule has 0 saturated carbocycles. The van der Waals surface area contributed by atoms with Gasteiger partial charge in [0.05, 0.1) is 0 Å². The number of fused-ring (bicyclic) bond motifs is 1. The number of nitrogens with zero attached hydrogens (tertiary/aromatic N) is 3. The summed E-state index contributed by atoms with van der Waals surface area (Å²) in [4.78, 5) is 1.56. The van der Waals surface area contributed by atoms with E-state index in [0.717, 1.165) is 28.1 Å². The predicted octanol–water partition coefficient (Wildman–Crippen LogP) is 6.00. The average Bonchev–Trinajstić information content (AvgIpc) is 3.06. The number of rotatable bonds is 7. The molecule has 0 spiro atoms. The molecule has 0 bridgehead atoms. The second-order valence-corrected chi connectivity index (χ2v) is 8.29. The molecule has 4 nitrogen and oxygen atoms in total. The molecule has 3 rings (SSSR count). The van der Waals surface area contributed by atoms with Crippen molar-refractivity contribution in [3.05, 3.63) is 47.5 Å². The lowest BCUT2D eigenvalue weighted by Gasteiger charge is -2.23. The summed E-state index contributed by atoms with van der Waals surface area (Å²) < 4.78 is 0. The zero-order valence-corrected chi connectivity index (χ0v) is 17.1. The first-order valence-electron chi connectivity index (χ1n) is 10.0. The van der Waals surface area contributed by atoms with E-state index >= 15 is 0 Å². The highest BCUT2D eigenvalue weighted by atomic mass is 16.3. The summed E-state index contributed by atoms with van der Waals surface area (Å²) >= 11 is 0. The van der Waals surface area contributed by atoms with Crippen LogP contribution in [0.25, 0.3) is 16.7 Å². The molecule has 1 aromatic heterocycles. The smallest absolute Gasteiger partial charge is 0.146 e. The van der Waals surface area contributed by atoms with Gasteiger partial charge >= 0.3 is 0 Å². The van der Waals surface area contributed by atoms with E-state index in [2.05, 4.69) is 50.9 Å². The molecule has 27 heavy (non-hydrogen) atoms. The molecule has 3 aromatic rings. The van der Waals surface area contributed by atoms with Gasteiger partial charge in [-0.3, -0.25) is 0 Å². The number of aromatic hydroxyl groups is 1. The summed E-state index contributed by atoms with van der Waals surface area (Å²) in [6.07, 6.45) is 3.66. The monoisotopic (exact) mass is 365 g/mol. The molecule has 2 aromatic carbocycles. The van der Waals surface area contributed by atoms with Crippen molar-refractivity contribution in [1.29, 1.82) is 0 Å². The van der Waals surface area contributed by atoms with E-state index in [1.165, 1.54) is 19.3 Å². The second kappa shape index (κ2) is 8.12. The van der Waals surface area contributed by atoms with Gasteiger partial charge < -0.3 is 5.11 Å². The van der Waals surface area contributed by atoms with Gasteiger partial charge in [0.2, 0.25) is 0 Å². The fourth-order valence-corrected chi connectivity index (χ4v) is 3.66. The van der Waals surface area contributed by atoms with Crippen molar-refractivity contribution >= 4 is 11.0 Å². The van der Waals surface area contributed by atoms with Crippen LogP contribution in [0, 0.1) is 18.8 Å². The Labute approximate surface area is 162 Å². The van der Waals surface area contributed by atoms with Gasteiger partial charge in [0.1, 0.15) is 22.5 Å². The fraction of sp³-hybridized carbons (Fsp3) is 0.478. The minimum Gasteiger partial charge on any atom is -0.505 e. The van der Waals surface area contributed by atoms with E-state index < -0.39 is 0 Å². The molecular weight excluding hydrogens is 334 g/mol. The van der Waals surface area contributed by atoms with Crippen LogP contribution in [0.4, 0.5) is 0 Å². The third-order valence-electron chi connectivity index (χ3n) is 5.55. The normalized spacial score (nSPS) is 14.0. The van der Waals surface area contributed by atoms with Crippen molar-refractivity contribution in [1.82, 2.24) is 15.0 Å². The Morgan fingerprint density at radius 1 is 0.963 bits per heavy atom. The minimum absolute atomic E-state index is 0.279. The molecule has 4 heteroatoms. The highest BCUT2D eigenvalue weighted by Crippen LogP contribution is 2.37. The zero-order valence-electron chi connectivity index (χ0n) is 17.1. The van der Waals surface area contributed by atoms with Crippen LogP contribution in [-0.4, -0.2) is 20.1 Å². The van der Waals surface area contributed by atoms with Crippen molar-refractivity contribution in [3.63, 3.8) is 0 Å². The predicted molar refractivity (Wildman–Crippen MR) is 112 cm³/mol. The molecule has 144 valence electrons. The number of benzene rings is 2. The average molecular weight is 366 g/mol. The van der Waals surface area contributed by atoms with Crippen LogP contribution in [0.1, 0.15) is 64.0 Å². The fourth-order valence-electron chi connectivity index (χ4n) is 3.66. The summed E-state index contributed by atoms with van der Waals surface area (Å²) in [5, 5.41) is 20.1. The van der Waals surface area contributed by atoms with Crippen molar-refractivity contribution in [3.8, 4) is 11.4 Å². The first-order valence-corrected chi connectivity index (χ1v) is 10.0. The molecule has 0 aliphatic rings. The number of phenols is 1. The van der Waals surface area contributed by atoms with Crippen molar-refractivity contribution < 1.29 is 5.11 Å². The maximum absolute atomic E-state index is 11.0. The van der Waals surface area contributed by atoms with Gasteiger partial charge in [0, 0.05) is 0 Å². The molecule has 1 N–H and O–H groups in total. The van der Waals surface area contributed by atoms with Crippen LogP contribution in [0.5, 0.6) is 5.75 Å². The Hall–Kier alpha value is -2.36. The van der Waals surface area contributed by atoms with E-state index in [0.29, 0.717) is 17.4 Å². The lowest BCUT2D eigenvalue weighted by molar-refractivity contribution is 0.394. The number of phenolic OH excluding ortho intramolecular Hbond substituents is 1. The van der Waals surface area contributed by atoms with Crippen molar-refractivity contribution in [2.75, 3.05) is 0 Å². The topological polar surface area (TPSA) is 50.9 Å². The van der Waals surface area contributed by atoms with Gasteiger partial charge in [-0.25, -0.2) is 0 Å². The Balaban J connectivity index is 1.91. The SMILES string of the molecule is Cc1cc(C(C)C(C)CCCC(C)C)c(O)c(-n2nc3ccccc3n2)c1. The molecule has 0 radical (unpaired) electrons. The summed E-state index contributed by atoms with van der Waals surface area (Å²) in [7, 11) is 0. The van der Waals surface area contributed by atoms with Crippen LogP contribution in [-0.2, 0) is 0 Å². The summed E-state index contributed by atoms with van der Waals surface area (Å²) in [5.74, 6) is 1.82. The third-order valence-corrected chi connectivity index (χ3v) is 5.55. The molecule has 0 aliphatic carbocycles. The van der Waals surface area contributed by atoms with Gasteiger partial charge in [0.15, 0.2) is 0 Å². The Bertz CT molecular complexity index is 880. The van der Waals surface area contributed by atoms with Crippen LogP contribution >= 0.6 is 0 Å². The Kier molecular flexibility index (Phi) is 5.83. The van der Waals surface area contributed by atoms with Gasteiger partial charge in [-0.1, -0.05) is 65.2 Å². The van der Waals surface area contributed by atoms with Crippen molar-refractivity contribution in [2.45, 2.75) is 59.8 Å². The Morgan fingerprint density at radius 3 is 2.19 bits per heavy atom. The number of hydrogen-bond donors (Lipinski definition) is 1. The maximum atomic E-state index is 11.0. The standard InChI is InChI=1S/C23H31N3O/c1-15(2)9-8-10-17(4)18(5)19-13-16(3)14-22(23(19)27)26-24-20-11-6-7-12-21(20)25-26/h6-7,11-15,17-18,27H,8-10H2,1-5H3. The van der Waals surface area contributed by atoms with Gasteiger partial charge in [-0.15, -0.1) is 15.0 Å². The number of aromatic nitrogens is 3.